The number of ether oxygens (including phenoxy) is 2. The second kappa shape index (κ2) is 13.9. The fraction of sp³-hybridized carbons (Fsp3) is 0.278. The van der Waals surface area contributed by atoms with Crippen molar-refractivity contribution < 1.29 is 19.1 Å². The summed E-state index contributed by atoms with van der Waals surface area (Å²) in [5.41, 5.74) is 5.52. The molecule has 2 amide bonds. The van der Waals surface area contributed by atoms with Gasteiger partial charge in [0.1, 0.15) is 11.5 Å². The first-order valence-electron chi connectivity index (χ1n) is 14.3. The molecule has 42 heavy (non-hydrogen) atoms. The van der Waals surface area contributed by atoms with Crippen LogP contribution in [0.3, 0.4) is 0 Å². The zero-order valence-electron chi connectivity index (χ0n) is 25.3. The standard InChI is InChI=1S/C36H40N2O4/c1-25-17-19-27(3)33(23-25)41-29(5)35(39)37(31-13-9-7-10-14-31)21-22-38(32-15-11-8-12-16-32)36(40)30(6)42-34-24-26(2)18-20-28(34)4/h7-20,23-24,29-30H,21-22H2,1-6H3. The second-order valence-electron chi connectivity index (χ2n) is 10.7. The topological polar surface area (TPSA) is 59.1 Å². The van der Waals surface area contributed by atoms with E-state index in [9.17, 15) is 9.59 Å². The fourth-order valence-corrected chi connectivity index (χ4v) is 4.74. The Balaban J connectivity index is 1.58. The molecule has 2 atom stereocenters. The highest BCUT2D eigenvalue weighted by Crippen LogP contribution is 2.25. The number of anilines is 2. The Hall–Kier alpha value is -4.58. The molecule has 6 heteroatoms. The number of carbonyl (C=O) groups is 2. The normalized spacial score (nSPS) is 12.2. The molecule has 0 aliphatic heterocycles. The van der Waals surface area contributed by atoms with E-state index in [2.05, 4.69) is 0 Å². The highest BCUT2D eigenvalue weighted by atomic mass is 16.5. The van der Waals surface area contributed by atoms with Crippen molar-refractivity contribution in [2.75, 3.05) is 22.9 Å². The van der Waals surface area contributed by atoms with Crippen LogP contribution in [0.2, 0.25) is 0 Å². The summed E-state index contributed by atoms with van der Waals surface area (Å²) in [6.07, 6.45) is -1.48. The van der Waals surface area contributed by atoms with Crippen LogP contribution in [-0.2, 0) is 9.59 Å². The van der Waals surface area contributed by atoms with Crippen molar-refractivity contribution in [1.29, 1.82) is 0 Å². The van der Waals surface area contributed by atoms with Gasteiger partial charge in [0.2, 0.25) is 0 Å². The van der Waals surface area contributed by atoms with Crippen LogP contribution < -0.4 is 19.3 Å². The molecule has 0 spiro atoms. The lowest BCUT2D eigenvalue weighted by molar-refractivity contribution is -0.126. The average molecular weight is 565 g/mol. The number of hydrogen-bond acceptors (Lipinski definition) is 4. The summed E-state index contributed by atoms with van der Waals surface area (Å²) >= 11 is 0. The van der Waals surface area contributed by atoms with Gasteiger partial charge >= 0.3 is 0 Å². The quantitative estimate of drug-likeness (QED) is 0.193. The van der Waals surface area contributed by atoms with E-state index in [0.29, 0.717) is 11.5 Å². The molecule has 0 radical (unpaired) electrons. The fourth-order valence-electron chi connectivity index (χ4n) is 4.74. The van der Waals surface area contributed by atoms with Gasteiger partial charge in [-0.1, -0.05) is 60.7 Å². The van der Waals surface area contributed by atoms with Crippen molar-refractivity contribution in [3.63, 3.8) is 0 Å². The zero-order valence-corrected chi connectivity index (χ0v) is 25.3. The van der Waals surface area contributed by atoms with Crippen molar-refractivity contribution in [1.82, 2.24) is 0 Å². The van der Waals surface area contributed by atoms with E-state index in [1.165, 1.54) is 0 Å². The van der Waals surface area contributed by atoms with Crippen LogP contribution in [0.1, 0.15) is 36.1 Å². The van der Waals surface area contributed by atoms with Crippen molar-refractivity contribution in [2.45, 2.75) is 53.8 Å². The SMILES string of the molecule is Cc1ccc(C)c(OC(C)C(=O)N(CCN(C(=O)C(C)Oc2cc(C)ccc2C)c2ccccc2)c2ccccc2)c1. The molecule has 0 saturated heterocycles. The highest BCUT2D eigenvalue weighted by Gasteiger charge is 2.28. The van der Waals surface area contributed by atoms with E-state index in [-0.39, 0.29) is 24.9 Å². The Labute approximate surface area is 249 Å². The molecule has 0 heterocycles. The van der Waals surface area contributed by atoms with Crippen LogP contribution in [0, 0.1) is 27.7 Å². The summed E-state index contributed by atoms with van der Waals surface area (Å²) in [6.45, 7) is 12.0. The lowest BCUT2D eigenvalue weighted by Gasteiger charge is -2.31. The maximum atomic E-state index is 13.9. The molecule has 0 aromatic heterocycles. The van der Waals surface area contributed by atoms with E-state index in [0.717, 1.165) is 33.6 Å². The Kier molecular flexibility index (Phi) is 10.0. The van der Waals surface area contributed by atoms with Crippen LogP contribution in [0.25, 0.3) is 0 Å². The van der Waals surface area contributed by atoms with Gasteiger partial charge in [0.25, 0.3) is 11.8 Å². The molecule has 0 N–H and O–H groups in total. The Morgan fingerprint density at radius 1 is 0.571 bits per heavy atom. The van der Waals surface area contributed by atoms with Crippen molar-refractivity contribution in [2.24, 2.45) is 0 Å². The van der Waals surface area contributed by atoms with Gasteiger partial charge in [0.05, 0.1) is 0 Å². The smallest absolute Gasteiger partial charge is 0.267 e. The first-order valence-corrected chi connectivity index (χ1v) is 14.3. The zero-order chi connectivity index (χ0) is 30.2. The summed E-state index contributed by atoms with van der Waals surface area (Å²) < 4.78 is 12.3. The van der Waals surface area contributed by atoms with Gasteiger partial charge in [-0.25, -0.2) is 0 Å². The number of para-hydroxylation sites is 2. The lowest BCUT2D eigenvalue weighted by atomic mass is 10.1. The van der Waals surface area contributed by atoms with Crippen LogP contribution >= 0.6 is 0 Å². The van der Waals surface area contributed by atoms with Crippen LogP contribution in [-0.4, -0.2) is 37.1 Å². The molecule has 0 aliphatic rings. The largest absolute Gasteiger partial charge is 0.481 e. The van der Waals surface area contributed by atoms with Crippen molar-refractivity contribution >= 4 is 23.2 Å². The van der Waals surface area contributed by atoms with Gasteiger partial charge in [-0.2, -0.15) is 0 Å². The maximum absolute atomic E-state index is 13.9. The number of aryl methyl sites for hydroxylation is 4. The monoisotopic (exact) mass is 564 g/mol. The third-order valence-corrected chi connectivity index (χ3v) is 7.21. The first kappa shape index (κ1) is 30.4. The summed E-state index contributed by atoms with van der Waals surface area (Å²) in [7, 11) is 0. The molecular formula is C36H40N2O4. The van der Waals surface area contributed by atoms with E-state index < -0.39 is 12.2 Å². The summed E-state index contributed by atoms with van der Waals surface area (Å²) in [6, 6.07) is 30.9. The lowest BCUT2D eigenvalue weighted by Crippen LogP contribution is -2.48. The van der Waals surface area contributed by atoms with Gasteiger partial charge in [-0.3, -0.25) is 9.59 Å². The maximum Gasteiger partial charge on any atom is 0.267 e. The minimum Gasteiger partial charge on any atom is -0.481 e. The molecule has 0 fully saturated rings. The minimum atomic E-state index is -0.738. The summed E-state index contributed by atoms with van der Waals surface area (Å²) in [5.74, 6) is 0.981. The molecule has 4 rings (SSSR count). The van der Waals surface area contributed by atoms with Crippen molar-refractivity contribution in [3.8, 4) is 11.5 Å². The van der Waals surface area contributed by atoms with Gasteiger partial charge < -0.3 is 19.3 Å². The van der Waals surface area contributed by atoms with Gasteiger partial charge in [-0.15, -0.1) is 0 Å². The number of hydrogen-bond donors (Lipinski definition) is 0. The second-order valence-corrected chi connectivity index (χ2v) is 10.7. The Bertz CT molecular complexity index is 1390. The predicted molar refractivity (Wildman–Crippen MR) is 170 cm³/mol. The molecule has 2 unspecified atom stereocenters. The molecule has 4 aromatic carbocycles. The molecular weight excluding hydrogens is 524 g/mol. The molecule has 0 saturated carbocycles. The summed E-state index contributed by atoms with van der Waals surface area (Å²) in [4.78, 5) is 31.1. The van der Waals surface area contributed by atoms with Gasteiger partial charge in [-0.05, 0) is 100 Å². The molecule has 0 bridgehead atoms. The van der Waals surface area contributed by atoms with Gasteiger partial charge in [0.15, 0.2) is 12.2 Å². The molecule has 218 valence electrons. The Morgan fingerprint density at radius 3 is 1.29 bits per heavy atom. The third kappa shape index (κ3) is 7.58. The average Bonchev–Trinajstić information content (AvgIpc) is 2.99. The molecule has 0 aliphatic carbocycles. The molecule has 4 aromatic rings. The minimum absolute atomic E-state index is 0.192. The number of amides is 2. The van der Waals surface area contributed by atoms with Crippen LogP contribution in [0.4, 0.5) is 11.4 Å². The first-order chi connectivity index (χ1) is 20.1. The predicted octanol–water partition coefficient (Wildman–Crippen LogP) is 7.22. The number of nitrogens with zero attached hydrogens (tertiary/aromatic N) is 2. The van der Waals surface area contributed by atoms with E-state index in [4.69, 9.17) is 9.47 Å². The number of rotatable bonds is 11. The third-order valence-electron chi connectivity index (χ3n) is 7.21. The van der Waals surface area contributed by atoms with Crippen LogP contribution in [0.5, 0.6) is 11.5 Å². The van der Waals surface area contributed by atoms with E-state index in [1.807, 2.05) is 125 Å². The van der Waals surface area contributed by atoms with E-state index >= 15 is 0 Å². The van der Waals surface area contributed by atoms with Gasteiger partial charge in [0, 0.05) is 24.5 Å². The number of benzene rings is 4. The summed E-state index contributed by atoms with van der Waals surface area (Å²) in [5, 5.41) is 0. The van der Waals surface area contributed by atoms with Crippen molar-refractivity contribution in [3.05, 3.63) is 119 Å². The number of carbonyl (C=O) groups excluding carboxylic acids is 2. The highest BCUT2D eigenvalue weighted by molar-refractivity contribution is 5.98. The van der Waals surface area contributed by atoms with Crippen LogP contribution in [0.15, 0.2) is 97.1 Å². The van der Waals surface area contributed by atoms with E-state index in [1.54, 1.807) is 23.6 Å². The Morgan fingerprint density at radius 2 is 0.929 bits per heavy atom. The molecule has 6 nitrogen and oxygen atoms in total.